The zero-order chi connectivity index (χ0) is 15.6. The molecule has 3 aromatic heterocycles. The van der Waals surface area contributed by atoms with E-state index in [0.29, 0.717) is 5.88 Å². The molecule has 0 N–H and O–H groups in total. The van der Waals surface area contributed by atoms with Crippen molar-refractivity contribution in [3.63, 3.8) is 0 Å². The van der Waals surface area contributed by atoms with Gasteiger partial charge in [0.15, 0.2) is 0 Å². The van der Waals surface area contributed by atoms with E-state index in [2.05, 4.69) is 17.0 Å². The fourth-order valence-corrected chi connectivity index (χ4v) is 2.47. The van der Waals surface area contributed by atoms with Gasteiger partial charge in [-0.2, -0.15) is 10.1 Å². The van der Waals surface area contributed by atoms with Crippen LogP contribution in [0.1, 0.15) is 6.92 Å². The molecule has 3 heterocycles. The summed E-state index contributed by atoms with van der Waals surface area (Å²) in [5.74, 6) is 1.34. The Bertz CT molecular complexity index is 904. The minimum absolute atomic E-state index is 0.583. The van der Waals surface area contributed by atoms with Crippen molar-refractivity contribution in [3.8, 4) is 22.9 Å². The number of pyridine rings is 1. The minimum atomic E-state index is 0.583. The van der Waals surface area contributed by atoms with Gasteiger partial charge >= 0.3 is 0 Å². The lowest BCUT2D eigenvalue weighted by molar-refractivity contribution is 0.466. The number of nitrogens with zero attached hydrogens (tertiary/aromatic N) is 4. The third-order valence-electron chi connectivity index (χ3n) is 3.68. The van der Waals surface area contributed by atoms with Crippen LogP contribution >= 0.6 is 0 Å². The number of benzene rings is 1. The van der Waals surface area contributed by atoms with E-state index in [9.17, 15) is 0 Å². The quantitative estimate of drug-likeness (QED) is 0.572. The highest BCUT2D eigenvalue weighted by atomic mass is 16.5. The maximum absolute atomic E-state index is 5.82. The van der Waals surface area contributed by atoms with Crippen molar-refractivity contribution in [3.05, 3.63) is 67.1 Å². The highest BCUT2D eigenvalue weighted by Gasteiger charge is 2.05. The molecular weight excluding hydrogens is 288 g/mol. The molecule has 114 valence electrons. The second kappa shape index (κ2) is 5.61. The van der Waals surface area contributed by atoms with Crippen molar-refractivity contribution in [2.45, 2.75) is 13.5 Å². The number of aryl methyl sites for hydroxylation is 1. The summed E-state index contributed by atoms with van der Waals surface area (Å²) in [6.07, 6.45) is 5.80. The summed E-state index contributed by atoms with van der Waals surface area (Å²) in [6.45, 7) is 2.94. The first-order chi connectivity index (χ1) is 11.3. The first kappa shape index (κ1) is 13.6. The average Bonchev–Trinajstić information content (AvgIpc) is 3.21. The number of fused-ring (bicyclic) bond motifs is 1. The van der Waals surface area contributed by atoms with Gasteiger partial charge in [-0.3, -0.25) is 4.68 Å². The van der Waals surface area contributed by atoms with Gasteiger partial charge in [0, 0.05) is 24.5 Å². The molecule has 4 rings (SSSR count). The molecule has 0 aliphatic carbocycles. The van der Waals surface area contributed by atoms with Gasteiger partial charge in [0.2, 0.25) is 5.88 Å². The van der Waals surface area contributed by atoms with Crippen LogP contribution in [-0.2, 0) is 6.54 Å². The molecule has 5 nitrogen and oxygen atoms in total. The molecule has 0 atom stereocenters. The maximum Gasteiger partial charge on any atom is 0.238 e. The molecule has 1 aromatic carbocycles. The van der Waals surface area contributed by atoms with Crippen LogP contribution in [0.25, 0.3) is 16.9 Å². The number of imidazole rings is 1. The van der Waals surface area contributed by atoms with Crippen molar-refractivity contribution in [2.24, 2.45) is 0 Å². The number of rotatable bonds is 4. The summed E-state index contributed by atoms with van der Waals surface area (Å²) < 4.78 is 9.67. The van der Waals surface area contributed by atoms with Gasteiger partial charge in [-0.05, 0) is 49.4 Å². The predicted molar refractivity (Wildman–Crippen MR) is 88.6 cm³/mol. The Morgan fingerprint density at radius 2 is 1.87 bits per heavy atom. The van der Waals surface area contributed by atoms with E-state index in [1.54, 1.807) is 0 Å². The summed E-state index contributed by atoms with van der Waals surface area (Å²) in [7, 11) is 0. The minimum Gasteiger partial charge on any atom is -0.437 e. The van der Waals surface area contributed by atoms with Crippen LogP contribution in [0.3, 0.4) is 0 Å². The van der Waals surface area contributed by atoms with Gasteiger partial charge in [0.25, 0.3) is 0 Å². The summed E-state index contributed by atoms with van der Waals surface area (Å²) in [4.78, 5) is 4.43. The third kappa shape index (κ3) is 2.68. The third-order valence-corrected chi connectivity index (χ3v) is 3.68. The van der Waals surface area contributed by atoms with Crippen molar-refractivity contribution in [2.75, 3.05) is 0 Å². The molecule has 0 bridgehead atoms. The molecule has 0 amide bonds. The van der Waals surface area contributed by atoms with E-state index >= 15 is 0 Å². The maximum atomic E-state index is 5.82. The van der Waals surface area contributed by atoms with E-state index in [-0.39, 0.29) is 0 Å². The molecule has 0 unspecified atom stereocenters. The second-order valence-electron chi connectivity index (χ2n) is 5.23. The largest absolute Gasteiger partial charge is 0.437 e. The van der Waals surface area contributed by atoms with Gasteiger partial charge in [-0.1, -0.05) is 6.07 Å². The SMILES string of the molecule is CCn1ccc(-c2ccc(Oc3cn4ccccc4n3)cc2)n1. The van der Waals surface area contributed by atoms with E-state index in [1.165, 1.54) is 0 Å². The lowest BCUT2D eigenvalue weighted by Crippen LogP contribution is -1.93. The molecule has 5 heteroatoms. The number of aromatic nitrogens is 4. The first-order valence-electron chi connectivity index (χ1n) is 7.57. The van der Waals surface area contributed by atoms with Gasteiger partial charge in [0.1, 0.15) is 11.4 Å². The first-order valence-corrected chi connectivity index (χ1v) is 7.57. The van der Waals surface area contributed by atoms with Crippen molar-refractivity contribution in [1.29, 1.82) is 0 Å². The Hall–Kier alpha value is -3.08. The highest BCUT2D eigenvalue weighted by Crippen LogP contribution is 2.24. The predicted octanol–water partition coefficient (Wildman–Crippen LogP) is 4.01. The van der Waals surface area contributed by atoms with Crippen LogP contribution in [0.15, 0.2) is 67.1 Å². The molecule has 23 heavy (non-hydrogen) atoms. The lowest BCUT2D eigenvalue weighted by atomic mass is 10.1. The Labute approximate surface area is 133 Å². The molecule has 0 aliphatic heterocycles. The summed E-state index contributed by atoms with van der Waals surface area (Å²) >= 11 is 0. The molecular formula is C18H16N4O. The Morgan fingerprint density at radius 3 is 2.61 bits per heavy atom. The monoisotopic (exact) mass is 304 g/mol. The van der Waals surface area contributed by atoms with E-state index in [1.807, 2.05) is 76.2 Å². The van der Waals surface area contributed by atoms with Crippen molar-refractivity contribution < 1.29 is 4.74 Å². The zero-order valence-corrected chi connectivity index (χ0v) is 12.8. The zero-order valence-electron chi connectivity index (χ0n) is 12.8. The molecule has 0 radical (unpaired) electrons. The highest BCUT2D eigenvalue weighted by molar-refractivity contribution is 5.59. The van der Waals surface area contributed by atoms with Crippen molar-refractivity contribution in [1.82, 2.24) is 19.2 Å². The summed E-state index contributed by atoms with van der Waals surface area (Å²) in [5.41, 5.74) is 2.90. The van der Waals surface area contributed by atoms with E-state index in [0.717, 1.165) is 29.2 Å². The van der Waals surface area contributed by atoms with Crippen LogP contribution in [-0.4, -0.2) is 19.2 Å². The van der Waals surface area contributed by atoms with Crippen LogP contribution in [0.5, 0.6) is 11.6 Å². The van der Waals surface area contributed by atoms with Crippen LogP contribution < -0.4 is 4.74 Å². The average molecular weight is 304 g/mol. The molecule has 0 spiro atoms. The van der Waals surface area contributed by atoms with E-state index < -0.39 is 0 Å². The number of hydrogen-bond donors (Lipinski definition) is 0. The summed E-state index contributed by atoms with van der Waals surface area (Å²) in [6, 6.07) is 15.8. The normalized spacial score (nSPS) is 11.0. The lowest BCUT2D eigenvalue weighted by Gasteiger charge is -2.03. The standard InChI is InChI=1S/C18H16N4O/c1-2-22-12-10-16(20-22)14-6-8-15(9-7-14)23-18-13-21-11-4-3-5-17(21)19-18/h3-13H,2H2,1H3. The van der Waals surface area contributed by atoms with Crippen molar-refractivity contribution >= 4 is 5.65 Å². The topological polar surface area (TPSA) is 44.4 Å². The fraction of sp³-hybridized carbons (Fsp3) is 0.111. The van der Waals surface area contributed by atoms with Crippen LogP contribution in [0, 0.1) is 0 Å². The molecule has 0 saturated heterocycles. The fourth-order valence-electron chi connectivity index (χ4n) is 2.47. The van der Waals surface area contributed by atoms with Crippen LogP contribution in [0.2, 0.25) is 0 Å². The van der Waals surface area contributed by atoms with Gasteiger partial charge < -0.3 is 9.14 Å². The Balaban J connectivity index is 1.55. The Kier molecular flexibility index (Phi) is 3.31. The Morgan fingerprint density at radius 1 is 1.00 bits per heavy atom. The molecule has 4 aromatic rings. The van der Waals surface area contributed by atoms with Gasteiger partial charge in [-0.25, -0.2) is 0 Å². The van der Waals surface area contributed by atoms with E-state index in [4.69, 9.17) is 4.74 Å². The smallest absolute Gasteiger partial charge is 0.238 e. The summed E-state index contributed by atoms with van der Waals surface area (Å²) in [5, 5.41) is 4.50. The molecule has 0 saturated carbocycles. The van der Waals surface area contributed by atoms with Gasteiger partial charge in [0.05, 0.1) is 11.9 Å². The van der Waals surface area contributed by atoms with Gasteiger partial charge in [-0.15, -0.1) is 0 Å². The number of ether oxygens (including phenoxy) is 1. The molecule has 0 fully saturated rings. The molecule has 0 aliphatic rings. The van der Waals surface area contributed by atoms with Crippen LogP contribution in [0.4, 0.5) is 0 Å². The number of hydrogen-bond acceptors (Lipinski definition) is 3. The second-order valence-corrected chi connectivity index (χ2v) is 5.23.